The molecule has 0 heterocycles. The number of sulfonamides is 1. The summed E-state index contributed by atoms with van der Waals surface area (Å²) in [5.41, 5.74) is 4.26. The van der Waals surface area contributed by atoms with E-state index in [9.17, 15) is 18.0 Å². The molecule has 10 nitrogen and oxygen atoms in total. The third kappa shape index (κ3) is 7.45. The van der Waals surface area contributed by atoms with Gasteiger partial charge in [0.25, 0.3) is 5.91 Å². The van der Waals surface area contributed by atoms with Crippen LogP contribution in [-0.4, -0.2) is 47.2 Å². The summed E-state index contributed by atoms with van der Waals surface area (Å²) in [6.07, 6.45) is 1.59. The van der Waals surface area contributed by atoms with Crippen LogP contribution in [0.4, 0.5) is 10.5 Å². The van der Waals surface area contributed by atoms with Gasteiger partial charge in [-0.1, -0.05) is 29.8 Å². The van der Waals surface area contributed by atoms with Gasteiger partial charge in [-0.05, 0) is 59.7 Å². The van der Waals surface area contributed by atoms with Crippen LogP contribution in [-0.2, 0) is 21.3 Å². The molecule has 0 saturated carbocycles. The molecule has 0 spiro atoms. The summed E-state index contributed by atoms with van der Waals surface area (Å²) in [4.78, 5) is 23.8. The monoisotopic (exact) mass is 545 g/mol. The van der Waals surface area contributed by atoms with E-state index in [2.05, 4.69) is 15.3 Å². The molecule has 0 aliphatic rings. The number of benzene rings is 3. The first kappa shape index (κ1) is 27.5. The molecule has 3 aromatic rings. The van der Waals surface area contributed by atoms with Crippen LogP contribution < -0.4 is 19.2 Å². The second kappa shape index (κ2) is 12.2. The summed E-state index contributed by atoms with van der Waals surface area (Å²) < 4.78 is 40.7. The lowest BCUT2D eigenvalue weighted by molar-refractivity contribution is 0.0955. The number of rotatable bonds is 9. The number of hydrogen-bond acceptors (Lipinski definition) is 8. The lowest BCUT2D eigenvalue weighted by Gasteiger charge is -2.23. The minimum absolute atomic E-state index is 0.0429. The molecule has 1 amide bonds. The maximum absolute atomic E-state index is 12.5. The van der Waals surface area contributed by atoms with Crippen molar-refractivity contribution in [3.63, 3.8) is 0 Å². The Hall–Kier alpha value is -4.09. The normalized spacial score (nSPS) is 11.1. The third-order valence-corrected chi connectivity index (χ3v) is 6.53. The van der Waals surface area contributed by atoms with Gasteiger partial charge in [0.2, 0.25) is 10.0 Å². The average molecular weight is 546 g/mol. The number of halogens is 1. The van der Waals surface area contributed by atoms with E-state index in [0.717, 1.165) is 6.26 Å². The van der Waals surface area contributed by atoms with Gasteiger partial charge < -0.3 is 14.2 Å². The molecule has 12 heteroatoms. The molecule has 0 bridgehead atoms. The predicted octanol–water partition coefficient (Wildman–Crippen LogP) is 4.22. The van der Waals surface area contributed by atoms with E-state index in [1.807, 2.05) is 0 Å². The van der Waals surface area contributed by atoms with E-state index in [0.29, 0.717) is 21.8 Å². The Morgan fingerprint density at radius 3 is 2.35 bits per heavy atom. The fourth-order valence-electron chi connectivity index (χ4n) is 3.17. The Morgan fingerprint density at radius 2 is 1.73 bits per heavy atom. The summed E-state index contributed by atoms with van der Waals surface area (Å²) in [7, 11) is -1.03. The topological polar surface area (TPSA) is 124 Å². The zero-order valence-electron chi connectivity index (χ0n) is 20.2. The zero-order valence-corrected chi connectivity index (χ0v) is 21.7. The molecular weight excluding hydrogens is 522 g/mol. The Kier molecular flexibility index (Phi) is 9.10. The van der Waals surface area contributed by atoms with Crippen molar-refractivity contribution < 1.29 is 32.2 Å². The standard InChI is InChI=1S/C25H24ClN3O7S/c1-34-23-14-17(8-13-22(23)36-25(31)35-2)15-27-28-24(30)18-9-11-20(12-10-18)29(37(3,32)33)16-19-6-4-5-7-21(19)26/h4-15H,16H2,1-3H3,(H,28,30)/b27-15+. The third-order valence-electron chi connectivity index (χ3n) is 5.02. The molecule has 0 unspecified atom stereocenters. The fraction of sp³-hybridized carbons (Fsp3) is 0.160. The van der Waals surface area contributed by atoms with E-state index in [4.69, 9.17) is 21.1 Å². The van der Waals surface area contributed by atoms with Crippen LogP contribution >= 0.6 is 11.6 Å². The quantitative estimate of drug-likeness (QED) is 0.185. The van der Waals surface area contributed by atoms with Crippen LogP contribution in [0.5, 0.6) is 11.5 Å². The number of methoxy groups -OCH3 is 2. The van der Waals surface area contributed by atoms with E-state index >= 15 is 0 Å². The van der Waals surface area contributed by atoms with Gasteiger partial charge in [0.1, 0.15) is 0 Å². The lowest BCUT2D eigenvalue weighted by atomic mass is 10.2. The smallest absolute Gasteiger partial charge is 0.493 e. The molecule has 37 heavy (non-hydrogen) atoms. The van der Waals surface area contributed by atoms with Crippen LogP contribution in [0.15, 0.2) is 71.8 Å². The van der Waals surface area contributed by atoms with E-state index < -0.39 is 22.1 Å². The number of ether oxygens (including phenoxy) is 3. The fourth-order valence-corrected chi connectivity index (χ4v) is 4.24. The molecule has 0 aliphatic heterocycles. The van der Waals surface area contributed by atoms with Gasteiger partial charge in [-0.3, -0.25) is 9.10 Å². The highest BCUT2D eigenvalue weighted by Gasteiger charge is 2.19. The highest BCUT2D eigenvalue weighted by Crippen LogP contribution is 2.28. The SMILES string of the molecule is COC(=O)Oc1ccc(/C=N/NC(=O)c2ccc(N(Cc3ccccc3Cl)S(C)(=O)=O)cc2)cc1OC. The number of hydrazone groups is 1. The van der Waals surface area contributed by atoms with Gasteiger partial charge in [-0.25, -0.2) is 18.6 Å². The van der Waals surface area contributed by atoms with Crippen LogP contribution in [0.3, 0.4) is 0 Å². The molecule has 0 aliphatic carbocycles. The summed E-state index contributed by atoms with van der Waals surface area (Å²) in [5, 5.41) is 4.38. The van der Waals surface area contributed by atoms with Gasteiger partial charge in [0.05, 0.1) is 38.9 Å². The van der Waals surface area contributed by atoms with Crippen LogP contribution in [0, 0.1) is 0 Å². The van der Waals surface area contributed by atoms with Crippen molar-refractivity contribution in [2.45, 2.75) is 6.54 Å². The number of carbonyl (C=O) groups excluding carboxylic acids is 2. The van der Waals surface area contributed by atoms with Gasteiger partial charge >= 0.3 is 6.16 Å². The van der Waals surface area contributed by atoms with E-state index in [1.54, 1.807) is 36.4 Å². The second-order valence-corrected chi connectivity index (χ2v) is 9.89. The van der Waals surface area contributed by atoms with E-state index in [-0.39, 0.29) is 23.6 Å². The predicted molar refractivity (Wildman–Crippen MR) is 140 cm³/mol. The van der Waals surface area contributed by atoms with E-state index in [1.165, 1.54) is 55.1 Å². The van der Waals surface area contributed by atoms with Crippen molar-refractivity contribution in [1.29, 1.82) is 0 Å². The largest absolute Gasteiger partial charge is 0.513 e. The first-order chi connectivity index (χ1) is 17.6. The van der Waals surface area contributed by atoms with Crippen molar-refractivity contribution in [2.75, 3.05) is 24.8 Å². The number of anilines is 1. The first-order valence-corrected chi connectivity index (χ1v) is 12.9. The van der Waals surface area contributed by atoms with Crippen molar-refractivity contribution >= 4 is 45.6 Å². The maximum atomic E-state index is 12.5. The Labute approximate surface area is 219 Å². The molecule has 0 fully saturated rings. The molecule has 3 aromatic carbocycles. The Bertz CT molecular complexity index is 1410. The van der Waals surface area contributed by atoms with Gasteiger partial charge in [-0.15, -0.1) is 0 Å². The molecule has 3 rings (SSSR count). The van der Waals surface area contributed by atoms with Crippen molar-refractivity contribution in [2.24, 2.45) is 5.10 Å². The minimum Gasteiger partial charge on any atom is -0.493 e. The number of nitrogens with zero attached hydrogens (tertiary/aromatic N) is 2. The number of carbonyl (C=O) groups is 2. The van der Waals surface area contributed by atoms with Crippen LogP contribution in [0.1, 0.15) is 21.5 Å². The Balaban J connectivity index is 1.69. The van der Waals surface area contributed by atoms with Gasteiger partial charge in [0.15, 0.2) is 11.5 Å². The Morgan fingerprint density at radius 1 is 1.03 bits per heavy atom. The second-order valence-electron chi connectivity index (χ2n) is 7.57. The van der Waals surface area contributed by atoms with Crippen molar-refractivity contribution in [3.05, 3.63) is 88.4 Å². The molecule has 0 aromatic heterocycles. The molecule has 1 N–H and O–H groups in total. The first-order valence-electron chi connectivity index (χ1n) is 10.7. The van der Waals surface area contributed by atoms with Gasteiger partial charge in [-0.2, -0.15) is 5.10 Å². The van der Waals surface area contributed by atoms with Crippen molar-refractivity contribution in [1.82, 2.24) is 5.43 Å². The molecule has 0 atom stereocenters. The molecule has 0 radical (unpaired) electrons. The summed E-state index contributed by atoms with van der Waals surface area (Å²) >= 11 is 6.20. The summed E-state index contributed by atoms with van der Waals surface area (Å²) in [6, 6.07) is 17.7. The van der Waals surface area contributed by atoms with Crippen LogP contribution in [0.25, 0.3) is 0 Å². The van der Waals surface area contributed by atoms with Gasteiger partial charge in [0, 0.05) is 10.6 Å². The number of hydrogen-bond donors (Lipinski definition) is 1. The number of nitrogens with one attached hydrogen (secondary N) is 1. The minimum atomic E-state index is -3.62. The summed E-state index contributed by atoms with van der Waals surface area (Å²) in [5.74, 6) is -0.0748. The average Bonchev–Trinajstić information content (AvgIpc) is 2.88. The zero-order chi connectivity index (χ0) is 27.0. The van der Waals surface area contributed by atoms with Crippen LogP contribution in [0.2, 0.25) is 5.02 Å². The summed E-state index contributed by atoms with van der Waals surface area (Å²) in [6.45, 7) is 0.0429. The number of amides is 1. The highest BCUT2D eigenvalue weighted by molar-refractivity contribution is 7.92. The molecule has 194 valence electrons. The molecule has 0 saturated heterocycles. The highest BCUT2D eigenvalue weighted by atomic mass is 35.5. The maximum Gasteiger partial charge on any atom is 0.513 e. The van der Waals surface area contributed by atoms with Crippen molar-refractivity contribution in [3.8, 4) is 11.5 Å². The molecular formula is C25H24ClN3O7S. The lowest BCUT2D eigenvalue weighted by Crippen LogP contribution is -2.29.